The number of hydrogen-bond donors (Lipinski definition) is 1. The minimum atomic E-state index is -0.390. The normalized spacial score (nSPS) is 15.9. The number of hydrazine groups is 1. The third-order valence-electron chi connectivity index (χ3n) is 4.74. The highest BCUT2D eigenvalue weighted by atomic mass is 16.5. The Bertz CT molecular complexity index is 1090. The molecule has 3 aromatic rings. The smallest absolute Gasteiger partial charge is 0.308 e. The fraction of sp³-hybridized carbons (Fsp3) is 0.130. The first kappa shape index (κ1) is 17.8. The highest BCUT2D eigenvalue weighted by Crippen LogP contribution is 2.38. The lowest BCUT2D eigenvalue weighted by Gasteiger charge is -2.24. The Balaban J connectivity index is 1.85. The van der Waals surface area contributed by atoms with E-state index < -0.39 is 0 Å². The maximum absolute atomic E-state index is 12.2. The van der Waals surface area contributed by atoms with Crippen LogP contribution in [0.5, 0.6) is 5.75 Å². The first-order valence-corrected chi connectivity index (χ1v) is 9.08. The number of benzene rings is 3. The second-order valence-electron chi connectivity index (χ2n) is 6.69. The van der Waals surface area contributed by atoms with E-state index in [0.717, 1.165) is 27.6 Å². The molecule has 1 atom stereocenters. The molecule has 1 heterocycles. The maximum Gasteiger partial charge on any atom is 0.308 e. The number of hydrogen-bond acceptors (Lipinski definition) is 4. The number of carbonyl (C=O) groups is 2. The lowest BCUT2D eigenvalue weighted by molar-refractivity contribution is -0.133. The molecule has 0 fully saturated rings. The van der Waals surface area contributed by atoms with Crippen LogP contribution in [0.1, 0.15) is 31.0 Å². The second kappa shape index (κ2) is 7.19. The van der Waals surface area contributed by atoms with E-state index in [0.29, 0.717) is 5.75 Å². The van der Waals surface area contributed by atoms with Gasteiger partial charge >= 0.3 is 5.97 Å². The molecule has 0 unspecified atom stereocenters. The molecular weight excluding hydrogens is 352 g/mol. The van der Waals surface area contributed by atoms with Crippen LogP contribution in [0.15, 0.2) is 72.8 Å². The van der Waals surface area contributed by atoms with E-state index in [4.69, 9.17) is 4.74 Å². The van der Waals surface area contributed by atoms with E-state index in [-0.39, 0.29) is 17.9 Å². The molecule has 140 valence electrons. The topological polar surface area (TPSA) is 58.6 Å². The van der Waals surface area contributed by atoms with Crippen LogP contribution in [0, 0.1) is 0 Å². The van der Waals surface area contributed by atoms with Crippen LogP contribution in [-0.2, 0) is 9.59 Å². The average molecular weight is 372 g/mol. The van der Waals surface area contributed by atoms with Gasteiger partial charge in [0.2, 0.25) is 5.91 Å². The van der Waals surface area contributed by atoms with Crippen molar-refractivity contribution in [1.82, 2.24) is 10.4 Å². The lowest BCUT2D eigenvalue weighted by atomic mass is 10.0. The van der Waals surface area contributed by atoms with Crippen molar-refractivity contribution >= 4 is 28.3 Å². The minimum Gasteiger partial charge on any atom is -0.425 e. The molecule has 0 aliphatic carbocycles. The molecule has 0 radical (unpaired) electrons. The maximum atomic E-state index is 12.2. The molecule has 0 saturated heterocycles. The van der Waals surface area contributed by atoms with Crippen molar-refractivity contribution in [3.63, 3.8) is 0 Å². The number of carbonyl (C=O) groups excluding carboxylic acids is 2. The van der Waals surface area contributed by atoms with E-state index in [1.807, 2.05) is 72.8 Å². The molecule has 0 saturated carbocycles. The van der Waals surface area contributed by atoms with Gasteiger partial charge in [0, 0.05) is 24.8 Å². The molecule has 5 nitrogen and oxygen atoms in total. The summed E-state index contributed by atoms with van der Waals surface area (Å²) in [5.74, 6) is -0.00396. The van der Waals surface area contributed by atoms with Gasteiger partial charge in [-0.2, -0.15) is 0 Å². The van der Waals surface area contributed by atoms with Crippen molar-refractivity contribution in [3.8, 4) is 5.75 Å². The number of rotatable bonds is 3. The summed E-state index contributed by atoms with van der Waals surface area (Å²) < 4.78 is 5.58. The molecular formula is C23H20N2O3. The molecule has 1 aliphatic rings. The summed E-state index contributed by atoms with van der Waals surface area (Å²) in [7, 11) is 0. The number of esters is 1. The zero-order valence-corrected chi connectivity index (χ0v) is 15.7. The molecule has 1 aliphatic heterocycles. The van der Waals surface area contributed by atoms with Crippen LogP contribution in [-0.4, -0.2) is 16.9 Å². The van der Waals surface area contributed by atoms with Crippen LogP contribution in [0.25, 0.3) is 16.5 Å². The van der Waals surface area contributed by atoms with Gasteiger partial charge in [-0.1, -0.05) is 60.7 Å². The van der Waals surface area contributed by atoms with E-state index in [1.165, 1.54) is 13.8 Å². The first-order valence-electron chi connectivity index (χ1n) is 9.08. The number of amides is 1. The summed E-state index contributed by atoms with van der Waals surface area (Å²) in [4.78, 5) is 24.0. The molecule has 0 aromatic heterocycles. The molecule has 5 heteroatoms. The molecule has 4 rings (SSSR count). The zero-order chi connectivity index (χ0) is 19.7. The Kier molecular flexibility index (Phi) is 4.57. The monoisotopic (exact) mass is 372 g/mol. The number of nitrogens with one attached hydrogen (secondary N) is 1. The minimum absolute atomic E-state index is 0.102. The second-order valence-corrected chi connectivity index (χ2v) is 6.69. The lowest BCUT2D eigenvalue weighted by Crippen LogP contribution is -2.37. The Labute approximate surface area is 163 Å². The van der Waals surface area contributed by atoms with Crippen molar-refractivity contribution in [3.05, 3.63) is 83.9 Å². The Morgan fingerprint density at radius 2 is 1.64 bits per heavy atom. The molecule has 1 amide bonds. The van der Waals surface area contributed by atoms with Gasteiger partial charge in [-0.25, -0.2) is 5.01 Å². The van der Waals surface area contributed by atoms with Crippen LogP contribution < -0.4 is 10.2 Å². The highest BCUT2D eigenvalue weighted by molar-refractivity contribution is 5.95. The predicted molar refractivity (Wildman–Crippen MR) is 108 cm³/mol. The summed E-state index contributed by atoms with van der Waals surface area (Å²) in [6.45, 7) is 2.91. The number of fused-ring (bicyclic) bond motifs is 1. The summed E-state index contributed by atoms with van der Waals surface area (Å²) in [5.41, 5.74) is 5.65. The highest BCUT2D eigenvalue weighted by Gasteiger charge is 2.30. The summed E-state index contributed by atoms with van der Waals surface area (Å²) in [6.07, 6.45) is 1.98. The van der Waals surface area contributed by atoms with Crippen molar-refractivity contribution < 1.29 is 14.3 Å². The summed E-state index contributed by atoms with van der Waals surface area (Å²) >= 11 is 0. The van der Waals surface area contributed by atoms with E-state index in [2.05, 4.69) is 5.43 Å². The Morgan fingerprint density at radius 1 is 0.929 bits per heavy atom. The first-order chi connectivity index (χ1) is 13.5. The van der Waals surface area contributed by atoms with Crippen LogP contribution in [0.2, 0.25) is 0 Å². The largest absolute Gasteiger partial charge is 0.425 e. The van der Waals surface area contributed by atoms with Crippen molar-refractivity contribution in [1.29, 1.82) is 0 Å². The molecule has 0 bridgehead atoms. The summed E-state index contributed by atoms with van der Waals surface area (Å²) in [5, 5.41) is 3.40. The molecule has 3 aromatic carbocycles. The van der Waals surface area contributed by atoms with Crippen LogP contribution in [0.3, 0.4) is 0 Å². The Morgan fingerprint density at radius 3 is 2.36 bits per heavy atom. The van der Waals surface area contributed by atoms with Crippen LogP contribution >= 0.6 is 0 Å². The predicted octanol–water partition coefficient (Wildman–Crippen LogP) is 4.21. The van der Waals surface area contributed by atoms with Gasteiger partial charge in [-0.05, 0) is 23.1 Å². The number of nitrogens with zero attached hydrogens (tertiary/aromatic N) is 1. The average Bonchev–Trinajstić information content (AvgIpc) is 3.14. The Hall–Kier alpha value is -3.60. The van der Waals surface area contributed by atoms with Gasteiger partial charge in [0.05, 0.1) is 11.7 Å². The van der Waals surface area contributed by atoms with E-state index >= 15 is 0 Å². The molecule has 28 heavy (non-hydrogen) atoms. The van der Waals surface area contributed by atoms with Gasteiger partial charge in [-0.15, -0.1) is 0 Å². The zero-order valence-electron chi connectivity index (χ0n) is 15.7. The quantitative estimate of drug-likeness (QED) is 0.553. The fourth-order valence-corrected chi connectivity index (χ4v) is 3.50. The number of ether oxygens (including phenoxy) is 1. The fourth-order valence-electron chi connectivity index (χ4n) is 3.50. The van der Waals surface area contributed by atoms with Gasteiger partial charge in [-0.3, -0.25) is 15.0 Å². The third-order valence-corrected chi connectivity index (χ3v) is 4.74. The van der Waals surface area contributed by atoms with Gasteiger partial charge in [0.1, 0.15) is 5.75 Å². The van der Waals surface area contributed by atoms with Gasteiger partial charge in [0.15, 0.2) is 0 Å². The standard InChI is InChI=1S/C23H20N2O3/c1-15(26)25-22(18-9-4-3-5-10-18)14-21(24-25)20-13-12-17-8-6-7-11-19(17)23(20)28-16(2)27/h3-14,22,24H,1-2H3/t22-/m0/s1. The van der Waals surface area contributed by atoms with Gasteiger partial charge < -0.3 is 4.74 Å². The third kappa shape index (κ3) is 3.22. The molecule has 1 N–H and O–H groups in total. The van der Waals surface area contributed by atoms with E-state index in [1.54, 1.807) is 5.01 Å². The molecule has 0 spiro atoms. The SMILES string of the molecule is CC(=O)Oc1c(C2=C[C@@H](c3ccccc3)N(C(C)=O)N2)ccc2ccccc12. The van der Waals surface area contributed by atoms with Crippen molar-refractivity contribution in [2.45, 2.75) is 19.9 Å². The van der Waals surface area contributed by atoms with Crippen molar-refractivity contribution in [2.75, 3.05) is 0 Å². The van der Waals surface area contributed by atoms with Crippen molar-refractivity contribution in [2.24, 2.45) is 0 Å². The summed E-state index contributed by atoms with van der Waals surface area (Å²) in [6, 6.07) is 21.2. The van der Waals surface area contributed by atoms with Gasteiger partial charge in [0.25, 0.3) is 0 Å². The van der Waals surface area contributed by atoms with E-state index in [9.17, 15) is 9.59 Å². The van der Waals surface area contributed by atoms with Crippen LogP contribution in [0.4, 0.5) is 0 Å².